The molecule has 0 radical (unpaired) electrons. The first-order chi connectivity index (χ1) is 13.9. The number of nitrogens with zero attached hydrogens (tertiary/aromatic N) is 1. The Morgan fingerprint density at radius 1 is 1.17 bits per heavy atom. The van der Waals surface area contributed by atoms with E-state index in [0.717, 1.165) is 29.7 Å². The van der Waals surface area contributed by atoms with Crippen molar-refractivity contribution in [1.29, 1.82) is 0 Å². The molecule has 0 aliphatic carbocycles. The number of hydrogen-bond acceptors (Lipinski definition) is 6. The van der Waals surface area contributed by atoms with Crippen molar-refractivity contribution in [2.75, 3.05) is 6.54 Å². The van der Waals surface area contributed by atoms with E-state index in [1.165, 1.54) is 0 Å². The fraction of sp³-hybridized carbons (Fsp3) is 0.524. The Kier molecular flexibility index (Phi) is 6.14. The first kappa shape index (κ1) is 21.1. The van der Waals surface area contributed by atoms with Gasteiger partial charge in [-0.15, -0.1) is 0 Å². The number of nitrogens with two attached hydrogens (primary N) is 1. The van der Waals surface area contributed by atoms with Crippen LogP contribution in [-0.4, -0.2) is 46.7 Å². The second-order valence-electron chi connectivity index (χ2n) is 7.67. The molecule has 0 spiro atoms. The lowest BCUT2D eigenvalue weighted by Crippen LogP contribution is -2.54. The largest absolute Gasteiger partial charge is 0.330 e. The van der Waals surface area contributed by atoms with Gasteiger partial charge in [-0.1, -0.05) is 26.0 Å². The number of carbonyl (C=O) groups excluding carboxylic acids is 4. The van der Waals surface area contributed by atoms with Crippen molar-refractivity contribution in [3.8, 4) is 0 Å². The van der Waals surface area contributed by atoms with E-state index in [1.54, 1.807) is 12.1 Å². The Balaban J connectivity index is 1.87. The van der Waals surface area contributed by atoms with Gasteiger partial charge in [-0.2, -0.15) is 0 Å². The fourth-order valence-corrected chi connectivity index (χ4v) is 4.23. The molecule has 3 rings (SSSR count). The summed E-state index contributed by atoms with van der Waals surface area (Å²) >= 11 is 0. The van der Waals surface area contributed by atoms with Crippen LogP contribution in [0.15, 0.2) is 18.2 Å². The Morgan fingerprint density at radius 2 is 1.90 bits per heavy atom. The van der Waals surface area contributed by atoms with Gasteiger partial charge in [-0.05, 0) is 43.9 Å². The summed E-state index contributed by atoms with van der Waals surface area (Å²) in [4.78, 5) is 50.7. The maximum Gasteiger partial charge on any atom is 0.262 e. The summed E-state index contributed by atoms with van der Waals surface area (Å²) in [6.07, 6.45) is 2.85. The highest BCUT2D eigenvalue weighted by Crippen LogP contribution is 2.30. The average molecular weight is 400 g/mol. The monoisotopic (exact) mass is 400 g/mol. The molecule has 1 unspecified atom stereocenters. The summed E-state index contributed by atoms with van der Waals surface area (Å²) < 4.78 is 0. The molecule has 1 aromatic carbocycles. The lowest BCUT2D eigenvalue weighted by Gasteiger charge is -2.33. The number of carbonyl (C=O) groups is 4. The molecule has 156 valence electrons. The zero-order valence-electron chi connectivity index (χ0n) is 16.9. The lowest BCUT2D eigenvalue weighted by molar-refractivity contribution is -0.136. The van der Waals surface area contributed by atoms with Crippen LogP contribution in [0.3, 0.4) is 0 Å². The van der Waals surface area contributed by atoms with Gasteiger partial charge in [-0.3, -0.25) is 29.4 Å². The lowest BCUT2D eigenvalue weighted by atomic mass is 9.88. The van der Waals surface area contributed by atoms with E-state index in [0.29, 0.717) is 24.2 Å². The predicted molar refractivity (Wildman–Crippen MR) is 107 cm³/mol. The molecule has 1 fully saturated rings. The van der Waals surface area contributed by atoms with Crippen molar-refractivity contribution in [3.63, 3.8) is 0 Å². The highest BCUT2D eigenvalue weighted by Gasteiger charge is 2.45. The summed E-state index contributed by atoms with van der Waals surface area (Å²) in [6, 6.07) is 4.22. The standard InChI is InChI=1S/C21H28N4O4/c1-3-21(4-2,10-11-22)23-12-13-6-5-7-14-17(13)20(29)25(19(14)28)15-8-9-16(26)24-18(15)27/h5-7,15,23H,3-4,8-12,22H2,1-2H3,(H,24,26,27). The first-order valence-electron chi connectivity index (χ1n) is 10.2. The van der Waals surface area contributed by atoms with E-state index >= 15 is 0 Å². The van der Waals surface area contributed by atoms with Crippen LogP contribution < -0.4 is 16.4 Å². The van der Waals surface area contributed by atoms with Gasteiger partial charge < -0.3 is 11.1 Å². The molecule has 2 heterocycles. The topological polar surface area (TPSA) is 122 Å². The molecule has 8 heteroatoms. The molecule has 0 aromatic heterocycles. The van der Waals surface area contributed by atoms with Crippen molar-refractivity contribution < 1.29 is 19.2 Å². The SMILES string of the molecule is CCC(CC)(CCN)NCc1cccc2c1C(=O)N(C1CCC(=O)NC1=O)C2=O. The molecule has 0 saturated carbocycles. The van der Waals surface area contributed by atoms with E-state index in [2.05, 4.69) is 24.5 Å². The van der Waals surface area contributed by atoms with E-state index in [9.17, 15) is 19.2 Å². The highest BCUT2D eigenvalue weighted by atomic mass is 16.2. The minimum Gasteiger partial charge on any atom is -0.330 e. The highest BCUT2D eigenvalue weighted by molar-refractivity contribution is 6.24. The van der Waals surface area contributed by atoms with Gasteiger partial charge >= 0.3 is 0 Å². The smallest absolute Gasteiger partial charge is 0.262 e. The third-order valence-corrected chi connectivity index (χ3v) is 6.18. The van der Waals surface area contributed by atoms with Crippen LogP contribution >= 0.6 is 0 Å². The Labute approximate surface area is 170 Å². The molecule has 2 aliphatic rings. The predicted octanol–water partition coefficient (Wildman–Crippen LogP) is 1.09. The van der Waals surface area contributed by atoms with Gasteiger partial charge in [0.2, 0.25) is 11.8 Å². The van der Waals surface area contributed by atoms with Crippen molar-refractivity contribution in [2.45, 2.75) is 64.1 Å². The van der Waals surface area contributed by atoms with Crippen LogP contribution in [0.25, 0.3) is 0 Å². The van der Waals surface area contributed by atoms with Crippen LogP contribution in [-0.2, 0) is 16.1 Å². The normalized spacial score (nSPS) is 19.6. The average Bonchev–Trinajstić information content (AvgIpc) is 2.97. The van der Waals surface area contributed by atoms with Crippen LogP contribution in [0, 0.1) is 0 Å². The van der Waals surface area contributed by atoms with Crippen molar-refractivity contribution in [1.82, 2.24) is 15.5 Å². The second-order valence-corrected chi connectivity index (χ2v) is 7.67. The van der Waals surface area contributed by atoms with Crippen LogP contribution in [0.4, 0.5) is 0 Å². The Morgan fingerprint density at radius 3 is 2.52 bits per heavy atom. The number of piperidine rings is 1. The number of rotatable bonds is 8. The summed E-state index contributed by atoms with van der Waals surface area (Å²) in [7, 11) is 0. The van der Waals surface area contributed by atoms with E-state index < -0.39 is 23.8 Å². The Bertz CT molecular complexity index is 847. The molecule has 8 nitrogen and oxygen atoms in total. The number of fused-ring (bicyclic) bond motifs is 1. The van der Waals surface area contributed by atoms with Crippen LogP contribution in [0.5, 0.6) is 0 Å². The molecule has 29 heavy (non-hydrogen) atoms. The molecule has 0 bridgehead atoms. The molecule has 2 aliphatic heterocycles. The second kappa shape index (κ2) is 8.42. The molecule has 4 N–H and O–H groups in total. The quantitative estimate of drug-likeness (QED) is 0.562. The summed E-state index contributed by atoms with van der Waals surface area (Å²) in [5, 5.41) is 5.75. The maximum atomic E-state index is 13.1. The van der Waals surface area contributed by atoms with Gasteiger partial charge in [-0.25, -0.2) is 0 Å². The van der Waals surface area contributed by atoms with Gasteiger partial charge in [0.05, 0.1) is 11.1 Å². The van der Waals surface area contributed by atoms with Crippen LogP contribution in [0.1, 0.15) is 72.2 Å². The Hall–Kier alpha value is -2.58. The summed E-state index contributed by atoms with van der Waals surface area (Å²) in [5.41, 5.74) is 7.01. The van der Waals surface area contributed by atoms with E-state index in [4.69, 9.17) is 5.73 Å². The number of hydrogen-bond donors (Lipinski definition) is 3. The number of nitrogens with one attached hydrogen (secondary N) is 2. The molecular weight excluding hydrogens is 372 g/mol. The van der Waals surface area contributed by atoms with Gasteiger partial charge in [0.15, 0.2) is 0 Å². The van der Waals surface area contributed by atoms with Gasteiger partial charge in [0, 0.05) is 18.5 Å². The molecule has 1 aromatic rings. The van der Waals surface area contributed by atoms with E-state index in [1.807, 2.05) is 6.07 Å². The van der Waals surface area contributed by atoms with Crippen molar-refractivity contribution in [2.24, 2.45) is 5.73 Å². The third kappa shape index (κ3) is 3.82. The molecular formula is C21H28N4O4. The van der Waals surface area contributed by atoms with Gasteiger partial charge in [0.1, 0.15) is 6.04 Å². The zero-order valence-corrected chi connectivity index (χ0v) is 16.9. The molecule has 1 atom stereocenters. The fourth-order valence-electron chi connectivity index (χ4n) is 4.23. The minimum absolute atomic E-state index is 0.104. The minimum atomic E-state index is -0.955. The van der Waals surface area contributed by atoms with E-state index in [-0.39, 0.29) is 24.3 Å². The van der Waals surface area contributed by atoms with Crippen molar-refractivity contribution >= 4 is 23.6 Å². The van der Waals surface area contributed by atoms with Crippen molar-refractivity contribution in [3.05, 3.63) is 34.9 Å². The third-order valence-electron chi connectivity index (χ3n) is 6.18. The first-order valence-corrected chi connectivity index (χ1v) is 10.2. The van der Waals surface area contributed by atoms with Crippen LogP contribution in [0.2, 0.25) is 0 Å². The number of amides is 4. The zero-order chi connectivity index (χ0) is 21.2. The molecule has 4 amide bonds. The number of imide groups is 2. The summed E-state index contributed by atoms with van der Waals surface area (Å²) in [6.45, 7) is 5.18. The number of benzene rings is 1. The van der Waals surface area contributed by atoms with Gasteiger partial charge in [0.25, 0.3) is 11.8 Å². The molecule has 1 saturated heterocycles. The summed E-state index contributed by atoms with van der Waals surface area (Å²) in [5.74, 6) is -1.95. The maximum absolute atomic E-state index is 13.1.